The van der Waals surface area contributed by atoms with Crippen LogP contribution in [-0.4, -0.2) is 18.6 Å². The Morgan fingerprint density at radius 3 is 3.14 bits per heavy atom. The van der Waals surface area contributed by atoms with Gasteiger partial charge < -0.3 is 5.32 Å². The highest BCUT2D eigenvalue weighted by Crippen LogP contribution is 2.30. The summed E-state index contributed by atoms with van der Waals surface area (Å²) >= 11 is 1.90. The molecule has 1 unspecified atom stereocenters. The molecular formula is C12H17NS. The van der Waals surface area contributed by atoms with E-state index < -0.39 is 0 Å². The Balaban J connectivity index is 1.96. The highest BCUT2D eigenvalue weighted by Gasteiger charge is 2.20. The maximum atomic E-state index is 3.62. The number of hydrogen-bond donors (Lipinski definition) is 1. The predicted molar refractivity (Wildman–Crippen MR) is 63.9 cm³/mol. The van der Waals surface area contributed by atoms with E-state index in [-0.39, 0.29) is 0 Å². The summed E-state index contributed by atoms with van der Waals surface area (Å²) < 4.78 is 0. The Hall–Kier alpha value is -0.470. The van der Waals surface area contributed by atoms with Crippen molar-refractivity contribution in [3.05, 3.63) is 35.4 Å². The van der Waals surface area contributed by atoms with Crippen LogP contribution in [0.2, 0.25) is 0 Å². The summed E-state index contributed by atoms with van der Waals surface area (Å²) in [7, 11) is 0. The minimum absolute atomic E-state index is 0.610. The molecule has 0 bridgehead atoms. The van der Waals surface area contributed by atoms with Gasteiger partial charge in [-0.1, -0.05) is 24.3 Å². The first-order valence-electron chi connectivity index (χ1n) is 5.22. The van der Waals surface area contributed by atoms with Gasteiger partial charge in [-0.2, -0.15) is 11.8 Å². The lowest BCUT2D eigenvalue weighted by atomic mass is 10.1. The molecule has 76 valence electrons. The summed E-state index contributed by atoms with van der Waals surface area (Å²) in [6.45, 7) is 1.13. The van der Waals surface area contributed by atoms with Gasteiger partial charge in [0.05, 0.1) is 0 Å². The van der Waals surface area contributed by atoms with Gasteiger partial charge in [-0.15, -0.1) is 0 Å². The number of benzene rings is 1. The van der Waals surface area contributed by atoms with Crippen molar-refractivity contribution in [2.75, 3.05) is 18.6 Å². The number of rotatable bonds is 4. The molecule has 1 aliphatic rings. The molecule has 1 atom stereocenters. The first kappa shape index (κ1) is 10.1. The minimum atomic E-state index is 0.610. The fraction of sp³-hybridized carbons (Fsp3) is 0.500. The summed E-state index contributed by atoms with van der Waals surface area (Å²) in [6.07, 6.45) is 4.67. The predicted octanol–water partition coefficient (Wildman–Crippen LogP) is 2.63. The van der Waals surface area contributed by atoms with Gasteiger partial charge in [0.25, 0.3) is 0 Å². The third kappa shape index (κ3) is 2.12. The highest BCUT2D eigenvalue weighted by molar-refractivity contribution is 7.98. The fourth-order valence-electron chi connectivity index (χ4n) is 2.10. The van der Waals surface area contributed by atoms with E-state index in [0.29, 0.717) is 6.04 Å². The van der Waals surface area contributed by atoms with Crippen molar-refractivity contribution in [3.63, 3.8) is 0 Å². The average Bonchev–Trinajstić information content (AvgIpc) is 2.63. The van der Waals surface area contributed by atoms with Crippen molar-refractivity contribution in [1.29, 1.82) is 0 Å². The average molecular weight is 207 g/mol. The van der Waals surface area contributed by atoms with Crippen molar-refractivity contribution in [2.45, 2.75) is 18.9 Å². The van der Waals surface area contributed by atoms with E-state index in [2.05, 4.69) is 35.8 Å². The Bertz CT molecular complexity index is 298. The van der Waals surface area contributed by atoms with Crippen LogP contribution < -0.4 is 5.32 Å². The van der Waals surface area contributed by atoms with Crippen LogP contribution in [0, 0.1) is 0 Å². The van der Waals surface area contributed by atoms with Gasteiger partial charge in [-0.05, 0) is 30.2 Å². The number of hydrogen-bond acceptors (Lipinski definition) is 2. The molecule has 1 N–H and O–H groups in total. The van der Waals surface area contributed by atoms with Gasteiger partial charge >= 0.3 is 0 Å². The normalized spacial score (nSPS) is 19.6. The molecule has 0 aromatic heterocycles. The smallest absolute Gasteiger partial charge is 0.0326 e. The fourth-order valence-corrected chi connectivity index (χ4v) is 2.43. The Morgan fingerprint density at radius 2 is 2.29 bits per heavy atom. The molecule has 1 aromatic rings. The molecule has 2 rings (SSSR count). The lowest BCUT2D eigenvalue weighted by Gasteiger charge is -2.13. The van der Waals surface area contributed by atoms with E-state index in [4.69, 9.17) is 0 Å². The van der Waals surface area contributed by atoms with Crippen LogP contribution in [0.15, 0.2) is 24.3 Å². The molecule has 0 saturated heterocycles. The van der Waals surface area contributed by atoms with Crippen LogP contribution in [0.1, 0.15) is 23.6 Å². The van der Waals surface area contributed by atoms with Crippen molar-refractivity contribution < 1.29 is 0 Å². The second-order valence-corrected chi connectivity index (χ2v) is 4.72. The summed E-state index contributed by atoms with van der Waals surface area (Å²) in [5.74, 6) is 1.21. The van der Waals surface area contributed by atoms with Crippen LogP contribution in [0.3, 0.4) is 0 Å². The van der Waals surface area contributed by atoms with E-state index in [9.17, 15) is 0 Å². The number of aryl methyl sites for hydroxylation is 1. The second-order valence-electron chi connectivity index (χ2n) is 3.74. The van der Waals surface area contributed by atoms with Gasteiger partial charge in [0.15, 0.2) is 0 Å². The van der Waals surface area contributed by atoms with E-state index in [0.717, 1.165) is 6.54 Å². The third-order valence-electron chi connectivity index (χ3n) is 2.83. The van der Waals surface area contributed by atoms with E-state index in [1.807, 2.05) is 11.8 Å². The van der Waals surface area contributed by atoms with Crippen LogP contribution in [0.5, 0.6) is 0 Å². The molecule has 0 amide bonds. The number of thioether (sulfide) groups is 1. The van der Waals surface area contributed by atoms with Crippen molar-refractivity contribution in [1.82, 2.24) is 5.32 Å². The van der Waals surface area contributed by atoms with Crippen LogP contribution in [0.25, 0.3) is 0 Å². The standard InChI is InChI=1S/C12H17NS/c1-14-9-8-13-12-7-6-10-4-2-3-5-11(10)12/h2-5,12-13H,6-9H2,1H3. The Kier molecular flexibility index (Phi) is 3.49. The maximum Gasteiger partial charge on any atom is 0.0326 e. The molecule has 0 saturated carbocycles. The van der Waals surface area contributed by atoms with E-state index in [1.54, 1.807) is 0 Å². The molecule has 1 aliphatic carbocycles. The highest BCUT2D eigenvalue weighted by atomic mass is 32.2. The van der Waals surface area contributed by atoms with Gasteiger partial charge in [0.1, 0.15) is 0 Å². The largest absolute Gasteiger partial charge is 0.309 e. The molecule has 0 heterocycles. The summed E-state index contributed by atoms with van der Waals surface area (Å²) in [6, 6.07) is 9.42. The molecule has 0 aliphatic heterocycles. The summed E-state index contributed by atoms with van der Waals surface area (Å²) in [5, 5.41) is 3.62. The Morgan fingerprint density at radius 1 is 1.43 bits per heavy atom. The van der Waals surface area contributed by atoms with Crippen molar-refractivity contribution in [2.24, 2.45) is 0 Å². The van der Waals surface area contributed by atoms with E-state index in [1.165, 1.54) is 29.7 Å². The van der Waals surface area contributed by atoms with Crippen LogP contribution in [0.4, 0.5) is 0 Å². The molecule has 1 aromatic carbocycles. The topological polar surface area (TPSA) is 12.0 Å². The SMILES string of the molecule is CSCCNC1CCc2ccccc21. The molecule has 0 spiro atoms. The van der Waals surface area contributed by atoms with Crippen LogP contribution in [-0.2, 0) is 6.42 Å². The maximum absolute atomic E-state index is 3.62. The van der Waals surface area contributed by atoms with Gasteiger partial charge in [0, 0.05) is 18.3 Å². The van der Waals surface area contributed by atoms with Gasteiger partial charge in [-0.3, -0.25) is 0 Å². The monoisotopic (exact) mass is 207 g/mol. The first-order valence-corrected chi connectivity index (χ1v) is 6.61. The zero-order valence-corrected chi connectivity index (χ0v) is 9.44. The molecule has 0 radical (unpaired) electrons. The quantitative estimate of drug-likeness (QED) is 0.762. The first-order chi connectivity index (χ1) is 6.92. The van der Waals surface area contributed by atoms with Gasteiger partial charge in [0.2, 0.25) is 0 Å². The molecule has 0 fully saturated rings. The number of nitrogens with one attached hydrogen (secondary N) is 1. The molecule has 14 heavy (non-hydrogen) atoms. The second kappa shape index (κ2) is 4.85. The molecular weight excluding hydrogens is 190 g/mol. The van der Waals surface area contributed by atoms with Crippen molar-refractivity contribution >= 4 is 11.8 Å². The lowest BCUT2D eigenvalue weighted by molar-refractivity contribution is 0.552. The van der Waals surface area contributed by atoms with Gasteiger partial charge in [-0.25, -0.2) is 0 Å². The zero-order valence-electron chi connectivity index (χ0n) is 8.62. The Labute approximate surface area is 90.3 Å². The number of fused-ring (bicyclic) bond motifs is 1. The molecule has 1 nitrogen and oxygen atoms in total. The summed E-state index contributed by atoms with van der Waals surface area (Å²) in [5.41, 5.74) is 3.06. The molecule has 2 heteroatoms. The van der Waals surface area contributed by atoms with Crippen molar-refractivity contribution in [3.8, 4) is 0 Å². The zero-order chi connectivity index (χ0) is 9.80. The summed E-state index contributed by atoms with van der Waals surface area (Å²) in [4.78, 5) is 0. The lowest BCUT2D eigenvalue weighted by Crippen LogP contribution is -2.21. The van der Waals surface area contributed by atoms with E-state index >= 15 is 0 Å². The third-order valence-corrected chi connectivity index (χ3v) is 3.44. The van der Waals surface area contributed by atoms with Crippen LogP contribution >= 0.6 is 11.8 Å². The minimum Gasteiger partial charge on any atom is -0.309 e.